The van der Waals surface area contributed by atoms with Crippen LogP contribution in [0.2, 0.25) is 0 Å². The summed E-state index contributed by atoms with van der Waals surface area (Å²) in [6.45, 7) is 4.06. The van der Waals surface area contributed by atoms with Crippen LogP contribution in [-0.4, -0.2) is 33.3 Å². The summed E-state index contributed by atoms with van der Waals surface area (Å²) in [5, 5.41) is 9.11. The van der Waals surface area contributed by atoms with E-state index in [-0.39, 0.29) is 11.3 Å². The standard InChI is InChI=1S/C13H16N2O4/c1-13(2,19-3)7-15-9-6-4-5-8(11(16)17)10(9)14-12(15)18/h4-6H,7H2,1-3H3,(H,14,18)(H,16,17). The summed E-state index contributed by atoms with van der Waals surface area (Å²) in [5.74, 6) is -1.06. The van der Waals surface area contributed by atoms with Crippen molar-refractivity contribution in [2.45, 2.75) is 26.0 Å². The molecule has 0 radical (unpaired) electrons. The van der Waals surface area contributed by atoms with Gasteiger partial charge in [-0.1, -0.05) is 6.07 Å². The highest BCUT2D eigenvalue weighted by Gasteiger charge is 2.21. The number of imidazole rings is 1. The van der Waals surface area contributed by atoms with E-state index < -0.39 is 11.6 Å². The van der Waals surface area contributed by atoms with E-state index in [9.17, 15) is 9.59 Å². The zero-order valence-electron chi connectivity index (χ0n) is 11.1. The minimum Gasteiger partial charge on any atom is -0.478 e. The van der Waals surface area contributed by atoms with E-state index >= 15 is 0 Å². The van der Waals surface area contributed by atoms with Crippen LogP contribution in [0.4, 0.5) is 0 Å². The predicted octanol–water partition coefficient (Wildman–Crippen LogP) is 1.45. The molecule has 1 heterocycles. The lowest BCUT2D eigenvalue weighted by atomic mass is 10.1. The lowest BCUT2D eigenvalue weighted by Gasteiger charge is -2.23. The molecule has 2 rings (SSSR count). The number of rotatable bonds is 4. The summed E-state index contributed by atoms with van der Waals surface area (Å²) in [4.78, 5) is 25.7. The number of benzene rings is 1. The number of aromatic amines is 1. The van der Waals surface area contributed by atoms with Gasteiger partial charge in [-0.2, -0.15) is 0 Å². The number of fused-ring (bicyclic) bond motifs is 1. The second-order valence-corrected chi connectivity index (χ2v) is 4.98. The Morgan fingerprint density at radius 2 is 2.16 bits per heavy atom. The van der Waals surface area contributed by atoms with Crippen molar-refractivity contribution in [1.29, 1.82) is 0 Å². The summed E-state index contributed by atoms with van der Waals surface area (Å²) in [7, 11) is 1.57. The van der Waals surface area contributed by atoms with Gasteiger partial charge in [0.05, 0.1) is 28.7 Å². The molecule has 0 aliphatic carbocycles. The van der Waals surface area contributed by atoms with Gasteiger partial charge in [-0.3, -0.25) is 4.57 Å². The van der Waals surface area contributed by atoms with Gasteiger partial charge in [0.2, 0.25) is 0 Å². The zero-order chi connectivity index (χ0) is 14.2. The molecule has 2 N–H and O–H groups in total. The fraction of sp³-hybridized carbons (Fsp3) is 0.385. The molecule has 19 heavy (non-hydrogen) atoms. The first-order valence-corrected chi connectivity index (χ1v) is 5.86. The molecule has 0 saturated carbocycles. The van der Waals surface area contributed by atoms with Crippen LogP contribution < -0.4 is 5.69 Å². The minimum atomic E-state index is -1.06. The number of para-hydroxylation sites is 1. The van der Waals surface area contributed by atoms with Crippen LogP contribution in [0, 0.1) is 0 Å². The Hall–Kier alpha value is -2.08. The highest BCUT2D eigenvalue weighted by Crippen LogP contribution is 2.18. The minimum absolute atomic E-state index is 0.0866. The molecule has 0 atom stereocenters. The van der Waals surface area contributed by atoms with Gasteiger partial charge in [0.15, 0.2) is 0 Å². The number of carboxylic acid groups (broad SMARTS) is 1. The molecule has 1 aromatic carbocycles. The quantitative estimate of drug-likeness (QED) is 0.875. The molecule has 1 aromatic heterocycles. The Kier molecular flexibility index (Phi) is 3.20. The SMILES string of the molecule is COC(C)(C)Cn1c(=O)[nH]c2c(C(=O)O)cccc21. The maximum atomic E-state index is 12.0. The number of methoxy groups -OCH3 is 1. The molecule has 2 aromatic rings. The third-order valence-electron chi connectivity index (χ3n) is 3.13. The number of ether oxygens (including phenoxy) is 1. The first-order valence-electron chi connectivity index (χ1n) is 5.86. The van der Waals surface area contributed by atoms with Crippen LogP contribution in [-0.2, 0) is 11.3 Å². The normalized spacial score (nSPS) is 11.9. The molecule has 0 spiro atoms. The number of nitrogens with zero attached hydrogens (tertiary/aromatic N) is 1. The van der Waals surface area contributed by atoms with Gasteiger partial charge >= 0.3 is 11.7 Å². The van der Waals surface area contributed by atoms with Crippen molar-refractivity contribution in [1.82, 2.24) is 9.55 Å². The zero-order valence-corrected chi connectivity index (χ0v) is 11.1. The van der Waals surface area contributed by atoms with Crippen LogP contribution in [0.1, 0.15) is 24.2 Å². The second-order valence-electron chi connectivity index (χ2n) is 4.98. The van der Waals surface area contributed by atoms with E-state index in [0.717, 1.165) is 0 Å². The highest BCUT2D eigenvalue weighted by atomic mass is 16.5. The van der Waals surface area contributed by atoms with E-state index in [2.05, 4.69) is 4.98 Å². The van der Waals surface area contributed by atoms with Crippen LogP contribution >= 0.6 is 0 Å². The molecule has 102 valence electrons. The lowest BCUT2D eigenvalue weighted by molar-refractivity contribution is 0.00835. The van der Waals surface area contributed by atoms with Crippen LogP contribution in [0.15, 0.2) is 23.0 Å². The number of H-pyrrole nitrogens is 1. The average molecular weight is 264 g/mol. The Morgan fingerprint density at radius 3 is 2.74 bits per heavy atom. The lowest BCUT2D eigenvalue weighted by Crippen LogP contribution is -2.33. The molecular formula is C13H16N2O4. The molecule has 0 amide bonds. The topological polar surface area (TPSA) is 84.3 Å². The van der Waals surface area contributed by atoms with E-state index in [1.807, 2.05) is 13.8 Å². The predicted molar refractivity (Wildman–Crippen MR) is 70.6 cm³/mol. The van der Waals surface area contributed by atoms with Crippen LogP contribution in [0.5, 0.6) is 0 Å². The van der Waals surface area contributed by atoms with E-state index in [4.69, 9.17) is 9.84 Å². The average Bonchev–Trinajstić information content (AvgIpc) is 2.65. The van der Waals surface area contributed by atoms with Gasteiger partial charge in [0.25, 0.3) is 0 Å². The van der Waals surface area contributed by atoms with E-state index in [0.29, 0.717) is 17.6 Å². The van der Waals surface area contributed by atoms with Crippen molar-refractivity contribution in [3.05, 3.63) is 34.2 Å². The highest BCUT2D eigenvalue weighted by molar-refractivity contribution is 6.00. The van der Waals surface area contributed by atoms with Crippen LogP contribution in [0.3, 0.4) is 0 Å². The largest absolute Gasteiger partial charge is 0.478 e. The fourth-order valence-electron chi connectivity index (χ4n) is 1.96. The first-order chi connectivity index (χ1) is 8.85. The molecule has 6 nitrogen and oxygen atoms in total. The summed E-state index contributed by atoms with van der Waals surface area (Å²) >= 11 is 0. The van der Waals surface area contributed by atoms with Crippen molar-refractivity contribution in [3.63, 3.8) is 0 Å². The summed E-state index contributed by atoms with van der Waals surface area (Å²) in [6.07, 6.45) is 0. The summed E-state index contributed by atoms with van der Waals surface area (Å²) < 4.78 is 6.79. The van der Waals surface area contributed by atoms with Gasteiger partial charge in [-0.25, -0.2) is 9.59 Å². The molecule has 0 saturated heterocycles. The third kappa shape index (κ3) is 2.39. The maximum absolute atomic E-state index is 12.0. The number of hydrogen-bond donors (Lipinski definition) is 2. The second kappa shape index (κ2) is 4.55. The summed E-state index contributed by atoms with van der Waals surface area (Å²) in [5.41, 5.74) is 0.136. The maximum Gasteiger partial charge on any atom is 0.337 e. The number of aromatic nitrogens is 2. The van der Waals surface area contributed by atoms with E-state index in [1.54, 1.807) is 19.2 Å². The van der Waals surface area contributed by atoms with Gasteiger partial charge in [-0.05, 0) is 26.0 Å². The number of aromatic carboxylic acids is 1. The number of carboxylic acids is 1. The molecule has 6 heteroatoms. The van der Waals surface area contributed by atoms with Gasteiger partial charge in [0, 0.05) is 7.11 Å². The monoisotopic (exact) mass is 264 g/mol. The molecule has 0 bridgehead atoms. The number of hydrogen-bond acceptors (Lipinski definition) is 3. The van der Waals surface area contributed by atoms with Crippen molar-refractivity contribution in [3.8, 4) is 0 Å². The van der Waals surface area contributed by atoms with E-state index in [1.165, 1.54) is 10.6 Å². The Morgan fingerprint density at radius 1 is 1.47 bits per heavy atom. The molecule has 0 aliphatic heterocycles. The van der Waals surface area contributed by atoms with Gasteiger partial charge in [0.1, 0.15) is 0 Å². The molecule has 0 fully saturated rings. The molecule has 0 aliphatic rings. The van der Waals surface area contributed by atoms with Gasteiger partial charge in [-0.15, -0.1) is 0 Å². The van der Waals surface area contributed by atoms with Crippen molar-refractivity contribution in [2.24, 2.45) is 0 Å². The molecule has 0 unspecified atom stereocenters. The Bertz CT molecular complexity index is 681. The van der Waals surface area contributed by atoms with Crippen LogP contribution in [0.25, 0.3) is 11.0 Å². The first kappa shape index (κ1) is 13.4. The third-order valence-corrected chi connectivity index (χ3v) is 3.13. The smallest absolute Gasteiger partial charge is 0.337 e. The number of nitrogens with one attached hydrogen (secondary N) is 1. The van der Waals surface area contributed by atoms with Crippen molar-refractivity contribution < 1.29 is 14.6 Å². The Balaban J connectivity index is 2.64. The van der Waals surface area contributed by atoms with Gasteiger partial charge < -0.3 is 14.8 Å². The summed E-state index contributed by atoms with van der Waals surface area (Å²) in [6, 6.07) is 4.80. The molecular weight excluding hydrogens is 248 g/mol. The van der Waals surface area contributed by atoms with Crippen molar-refractivity contribution in [2.75, 3.05) is 7.11 Å². The Labute approximate surface area is 109 Å². The fourth-order valence-corrected chi connectivity index (χ4v) is 1.96. The number of carbonyl (C=O) groups is 1. The van der Waals surface area contributed by atoms with Crippen molar-refractivity contribution >= 4 is 17.0 Å².